The summed E-state index contributed by atoms with van der Waals surface area (Å²) in [6.07, 6.45) is 0. The van der Waals surface area contributed by atoms with Crippen molar-refractivity contribution in [1.29, 1.82) is 0 Å². The second-order valence-electron chi connectivity index (χ2n) is 2.10. The molecule has 0 aliphatic heterocycles. The number of nitro groups is 1. The van der Waals surface area contributed by atoms with Gasteiger partial charge in [0.25, 0.3) is 0 Å². The lowest BCUT2D eigenvalue weighted by atomic mass is 10.5. The van der Waals surface area contributed by atoms with Crippen molar-refractivity contribution in [2.75, 3.05) is 26.2 Å². The van der Waals surface area contributed by atoms with Crippen LogP contribution in [-0.2, 0) is 0 Å². The molecule has 0 aromatic heterocycles. The normalized spacial score (nSPS) is 8.29. The van der Waals surface area contributed by atoms with E-state index in [9.17, 15) is 10.1 Å². The highest BCUT2D eigenvalue weighted by atomic mass is 16.7. The molecule has 0 N–H and O–H groups in total. The van der Waals surface area contributed by atoms with E-state index in [0.29, 0.717) is 0 Å². The molecule has 0 spiro atoms. The Morgan fingerprint density at radius 2 is 1.64 bits per heavy atom. The van der Waals surface area contributed by atoms with Crippen molar-refractivity contribution in [3.8, 4) is 0 Å². The molecular weight excluding hydrogens is 192 g/mol. The first-order valence-corrected chi connectivity index (χ1v) is 3.63. The Hall–Kier alpha value is -2.18. The average Bonchev–Trinajstić information content (AvgIpc) is 2.15. The fourth-order valence-electron chi connectivity index (χ4n) is 0.685. The van der Waals surface area contributed by atoms with E-state index in [1.807, 2.05) is 0 Å². The van der Waals surface area contributed by atoms with Crippen molar-refractivity contribution in [1.82, 2.24) is 5.01 Å². The van der Waals surface area contributed by atoms with Gasteiger partial charge in [-0.3, -0.25) is 0 Å². The van der Waals surface area contributed by atoms with Gasteiger partial charge in [0.2, 0.25) is 0 Å². The third-order valence-electron chi connectivity index (χ3n) is 1.27. The molecule has 10 heteroatoms. The number of nitrogens with zero attached hydrogens (tertiary/aromatic N) is 8. The van der Waals surface area contributed by atoms with Gasteiger partial charge in [0, 0.05) is 22.9 Å². The molecule has 76 valence electrons. The number of rotatable bonds is 7. The quantitative estimate of drug-likeness (QED) is 0.199. The SMILES string of the molecule is [N-]=[N+]=NCCN(CCN=[N+]=[N-])[N+](=O)[O-]. The van der Waals surface area contributed by atoms with Crippen molar-refractivity contribution in [3.05, 3.63) is 31.0 Å². The van der Waals surface area contributed by atoms with E-state index < -0.39 is 5.03 Å². The molecule has 10 nitrogen and oxygen atoms in total. The molecule has 0 saturated carbocycles. The molecule has 0 fully saturated rings. The van der Waals surface area contributed by atoms with Gasteiger partial charge in [-0.25, -0.2) is 10.1 Å². The summed E-state index contributed by atoms with van der Waals surface area (Å²) in [5.41, 5.74) is 15.9. The highest BCUT2D eigenvalue weighted by Gasteiger charge is 2.11. The molecule has 0 aliphatic rings. The zero-order valence-electron chi connectivity index (χ0n) is 7.22. The van der Waals surface area contributed by atoms with Crippen LogP contribution in [0.4, 0.5) is 0 Å². The highest BCUT2D eigenvalue weighted by molar-refractivity contribution is 4.54. The molecule has 0 rings (SSSR count). The standard InChI is InChI=1S/C4H8N8O2/c5-9-7-1-3-11(12(13)14)4-2-8-10-6/h1-4H2. The van der Waals surface area contributed by atoms with E-state index in [4.69, 9.17) is 11.1 Å². The molecular formula is C4H8N8O2. The van der Waals surface area contributed by atoms with Crippen molar-refractivity contribution in [2.45, 2.75) is 0 Å². The van der Waals surface area contributed by atoms with Crippen molar-refractivity contribution in [3.63, 3.8) is 0 Å². The summed E-state index contributed by atoms with van der Waals surface area (Å²) in [4.78, 5) is 15.3. The van der Waals surface area contributed by atoms with Crippen LogP contribution in [0.5, 0.6) is 0 Å². The maximum Gasteiger partial charge on any atom is 0.160 e. The maximum atomic E-state index is 10.3. The van der Waals surface area contributed by atoms with Crippen molar-refractivity contribution >= 4 is 0 Å². The molecule has 0 aromatic carbocycles. The summed E-state index contributed by atoms with van der Waals surface area (Å²) in [7, 11) is 0. The second-order valence-corrected chi connectivity index (χ2v) is 2.10. The van der Waals surface area contributed by atoms with Crippen LogP contribution in [0.25, 0.3) is 20.9 Å². The molecule has 0 amide bonds. The fraction of sp³-hybridized carbons (Fsp3) is 1.00. The van der Waals surface area contributed by atoms with Crippen LogP contribution < -0.4 is 0 Å². The topological polar surface area (TPSA) is 144 Å². The molecule has 0 bridgehead atoms. The van der Waals surface area contributed by atoms with E-state index >= 15 is 0 Å². The van der Waals surface area contributed by atoms with Crippen LogP contribution in [0, 0.1) is 10.1 Å². The van der Waals surface area contributed by atoms with Crippen molar-refractivity contribution < 1.29 is 5.03 Å². The Kier molecular flexibility index (Phi) is 6.31. The third-order valence-corrected chi connectivity index (χ3v) is 1.27. The van der Waals surface area contributed by atoms with E-state index in [1.54, 1.807) is 0 Å². The Morgan fingerprint density at radius 3 is 1.93 bits per heavy atom. The average molecular weight is 200 g/mol. The summed E-state index contributed by atoms with van der Waals surface area (Å²) in [6, 6.07) is 0. The molecule has 0 saturated heterocycles. The maximum absolute atomic E-state index is 10.3. The number of hydrogen-bond acceptors (Lipinski definition) is 4. The highest BCUT2D eigenvalue weighted by Crippen LogP contribution is 1.89. The Balaban J connectivity index is 3.95. The van der Waals surface area contributed by atoms with Crippen LogP contribution in [0.15, 0.2) is 10.2 Å². The van der Waals surface area contributed by atoms with Gasteiger partial charge in [0.1, 0.15) is 0 Å². The van der Waals surface area contributed by atoms with Crippen LogP contribution in [0.3, 0.4) is 0 Å². The van der Waals surface area contributed by atoms with Crippen LogP contribution in [-0.4, -0.2) is 36.2 Å². The Labute approximate surface area is 78.5 Å². The summed E-state index contributed by atoms with van der Waals surface area (Å²) in [5.74, 6) is 0. The summed E-state index contributed by atoms with van der Waals surface area (Å²) >= 11 is 0. The van der Waals surface area contributed by atoms with Gasteiger partial charge in [-0.1, -0.05) is 10.2 Å². The minimum atomic E-state index is -0.625. The van der Waals surface area contributed by atoms with E-state index in [-0.39, 0.29) is 26.2 Å². The van der Waals surface area contributed by atoms with Crippen LogP contribution >= 0.6 is 0 Å². The van der Waals surface area contributed by atoms with Gasteiger partial charge in [-0.2, -0.15) is 0 Å². The van der Waals surface area contributed by atoms with Gasteiger partial charge in [-0.05, 0) is 11.1 Å². The number of hydrazine groups is 1. The summed E-state index contributed by atoms with van der Waals surface area (Å²) in [5, 5.41) is 16.9. The van der Waals surface area contributed by atoms with Crippen molar-refractivity contribution in [2.24, 2.45) is 10.2 Å². The lowest BCUT2D eigenvalue weighted by Crippen LogP contribution is -2.34. The zero-order chi connectivity index (χ0) is 10.8. The first kappa shape index (κ1) is 11.8. The van der Waals surface area contributed by atoms with Gasteiger partial charge in [-0.15, -0.1) is 5.01 Å². The molecule has 0 unspecified atom stereocenters. The molecule has 0 atom stereocenters. The number of hydrogen-bond donors (Lipinski definition) is 0. The lowest BCUT2D eigenvalue weighted by Gasteiger charge is -2.10. The molecule has 0 heterocycles. The first-order valence-electron chi connectivity index (χ1n) is 3.63. The van der Waals surface area contributed by atoms with Gasteiger partial charge in [0.05, 0.1) is 13.1 Å². The summed E-state index contributed by atoms with van der Waals surface area (Å²) in [6.45, 7) is 0.0114. The summed E-state index contributed by atoms with van der Waals surface area (Å²) < 4.78 is 0. The minimum Gasteiger partial charge on any atom is -0.235 e. The van der Waals surface area contributed by atoms with Gasteiger partial charge >= 0.3 is 0 Å². The van der Waals surface area contributed by atoms with E-state index in [0.717, 1.165) is 5.01 Å². The lowest BCUT2D eigenvalue weighted by molar-refractivity contribution is -0.654. The predicted molar refractivity (Wildman–Crippen MR) is 46.6 cm³/mol. The molecule has 0 aliphatic carbocycles. The predicted octanol–water partition coefficient (Wildman–Crippen LogP) is 1.10. The molecule has 0 aromatic rings. The molecule has 0 radical (unpaired) electrons. The smallest absolute Gasteiger partial charge is 0.160 e. The Morgan fingerprint density at radius 1 is 1.21 bits per heavy atom. The molecule has 14 heavy (non-hydrogen) atoms. The van der Waals surface area contributed by atoms with E-state index in [1.165, 1.54) is 0 Å². The Bertz CT molecular complexity index is 255. The first-order chi connectivity index (χ1) is 6.72. The monoisotopic (exact) mass is 200 g/mol. The minimum absolute atomic E-state index is 0.00198. The van der Waals surface area contributed by atoms with Crippen LogP contribution in [0.2, 0.25) is 0 Å². The second kappa shape index (κ2) is 7.47. The van der Waals surface area contributed by atoms with Gasteiger partial charge < -0.3 is 0 Å². The largest absolute Gasteiger partial charge is 0.235 e. The van der Waals surface area contributed by atoms with Gasteiger partial charge in [0.15, 0.2) is 5.03 Å². The zero-order valence-corrected chi connectivity index (χ0v) is 7.22. The number of azide groups is 2. The third kappa shape index (κ3) is 5.47. The fourth-order valence-corrected chi connectivity index (χ4v) is 0.685. The van der Waals surface area contributed by atoms with E-state index in [2.05, 4.69) is 20.1 Å². The van der Waals surface area contributed by atoms with Crippen LogP contribution in [0.1, 0.15) is 0 Å².